The zero-order chi connectivity index (χ0) is 15.5. The predicted octanol–water partition coefficient (Wildman–Crippen LogP) is 1.20. The van der Waals surface area contributed by atoms with E-state index in [1.54, 1.807) is 23.0 Å². The largest absolute Gasteiger partial charge is 0.392 e. The number of aliphatic hydroxyl groups is 1. The van der Waals surface area contributed by atoms with E-state index in [2.05, 4.69) is 25.8 Å². The van der Waals surface area contributed by atoms with Crippen LogP contribution < -0.4 is 4.72 Å². The van der Waals surface area contributed by atoms with Crippen LogP contribution in [-0.2, 0) is 30.1 Å². The highest BCUT2D eigenvalue weighted by atomic mass is 79.9. The number of nitrogens with one attached hydrogen (secondary N) is 1. The van der Waals surface area contributed by atoms with E-state index in [0.717, 1.165) is 5.69 Å². The van der Waals surface area contributed by atoms with Gasteiger partial charge in [0.1, 0.15) is 0 Å². The molecule has 0 aliphatic heterocycles. The van der Waals surface area contributed by atoms with Crippen LogP contribution in [0.5, 0.6) is 0 Å². The third kappa shape index (κ3) is 3.91. The number of sulfonamides is 1. The van der Waals surface area contributed by atoms with Crippen molar-refractivity contribution in [2.45, 2.75) is 17.9 Å². The van der Waals surface area contributed by atoms with E-state index in [1.807, 2.05) is 13.1 Å². The summed E-state index contributed by atoms with van der Waals surface area (Å²) in [7, 11) is -1.82. The lowest BCUT2D eigenvalue weighted by atomic mass is 10.2. The van der Waals surface area contributed by atoms with Crippen molar-refractivity contribution >= 4 is 26.0 Å². The maximum atomic E-state index is 12.3. The van der Waals surface area contributed by atoms with E-state index >= 15 is 0 Å². The van der Waals surface area contributed by atoms with Crippen molar-refractivity contribution in [2.75, 3.05) is 6.54 Å². The van der Waals surface area contributed by atoms with Crippen LogP contribution in [0, 0.1) is 0 Å². The Kier molecular flexibility index (Phi) is 5.15. The van der Waals surface area contributed by atoms with Gasteiger partial charge in [-0.15, -0.1) is 0 Å². The number of rotatable bonds is 6. The molecular weight excluding hydrogens is 358 g/mol. The van der Waals surface area contributed by atoms with Gasteiger partial charge in [-0.25, -0.2) is 13.1 Å². The molecule has 0 atom stereocenters. The third-order valence-electron chi connectivity index (χ3n) is 3.06. The highest BCUT2D eigenvalue weighted by molar-refractivity contribution is 9.10. The first-order valence-corrected chi connectivity index (χ1v) is 8.57. The van der Waals surface area contributed by atoms with Crippen molar-refractivity contribution in [2.24, 2.45) is 7.05 Å². The number of aliphatic hydroxyl groups excluding tert-OH is 1. The fourth-order valence-corrected chi connectivity index (χ4v) is 3.93. The molecule has 0 bridgehead atoms. The van der Waals surface area contributed by atoms with Crippen LogP contribution >= 0.6 is 15.9 Å². The summed E-state index contributed by atoms with van der Waals surface area (Å²) in [5, 5.41) is 13.1. The second kappa shape index (κ2) is 6.69. The van der Waals surface area contributed by atoms with E-state index in [1.165, 1.54) is 6.07 Å². The van der Waals surface area contributed by atoms with Crippen molar-refractivity contribution in [3.63, 3.8) is 0 Å². The molecule has 0 saturated carbocycles. The molecule has 1 heterocycles. The van der Waals surface area contributed by atoms with Crippen molar-refractivity contribution in [1.82, 2.24) is 14.5 Å². The zero-order valence-electron chi connectivity index (χ0n) is 11.5. The minimum Gasteiger partial charge on any atom is -0.392 e. The Morgan fingerprint density at radius 3 is 2.76 bits per heavy atom. The molecule has 21 heavy (non-hydrogen) atoms. The predicted molar refractivity (Wildman–Crippen MR) is 82.2 cm³/mol. The quantitative estimate of drug-likeness (QED) is 0.796. The average molecular weight is 374 g/mol. The standard InChI is InChI=1S/C13H16BrN3O3S/c1-17-11(4-6-15-17)5-7-16-21(19,20)13-8-10(9-18)2-3-12(13)14/h2-4,6,8,16,18H,5,7,9H2,1H3. The van der Waals surface area contributed by atoms with Crippen LogP contribution in [-0.4, -0.2) is 29.8 Å². The Morgan fingerprint density at radius 2 is 2.14 bits per heavy atom. The second-order valence-corrected chi connectivity index (χ2v) is 7.11. The second-order valence-electron chi connectivity index (χ2n) is 4.52. The fourth-order valence-electron chi connectivity index (χ4n) is 1.89. The van der Waals surface area contributed by atoms with Gasteiger partial charge in [0.15, 0.2) is 0 Å². The van der Waals surface area contributed by atoms with Gasteiger partial charge >= 0.3 is 0 Å². The zero-order valence-corrected chi connectivity index (χ0v) is 13.9. The summed E-state index contributed by atoms with van der Waals surface area (Å²) in [6.45, 7) is 0.0719. The molecular formula is C13H16BrN3O3S. The average Bonchev–Trinajstić information content (AvgIpc) is 2.84. The van der Waals surface area contributed by atoms with Gasteiger partial charge in [-0.1, -0.05) is 6.07 Å². The molecule has 0 amide bonds. The van der Waals surface area contributed by atoms with Gasteiger partial charge in [0.2, 0.25) is 10.0 Å². The molecule has 1 aromatic carbocycles. The van der Waals surface area contributed by atoms with Crippen molar-refractivity contribution in [1.29, 1.82) is 0 Å². The normalized spacial score (nSPS) is 11.8. The topological polar surface area (TPSA) is 84.2 Å². The number of hydrogen-bond donors (Lipinski definition) is 2. The molecule has 0 unspecified atom stereocenters. The number of aryl methyl sites for hydroxylation is 1. The van der Waals surface area contributed by atoms with E-state index in [4.69, 9.17) is 5.11 Å². The first-order chi connectivity index (χ1) is 9.94. The summed E-state index contributed by atoms with van der Waals surface area (Å²) in [4.78, 5) is 0.124. The molecule has 2 N–H and O–H groups in total. The first-order valence-electron chi connectivity index (χ1n) is 6.30. The number of benzene rings is 1. The Bertz CT molecular complexity index is 728. The SMILES string of the molecule is Cn1nccc1CCNS(=O)(=O)c1cc(CO)ccc1Br. The lowest BCUT2D eigenvalue weighted by Gasteiger charge is -2.10. The molecule has 0 radical (unpaired) electrons. The van der Waals surface area contributed by atoms with E-state index in [9.17, 15) is 8.42 Å². The molecule has 2 rings (SSSR count). The van der Waals surface area contributed by atoms with Gasteiger partial charge in [0.05, 0.1) is 11.5 Å². The lowest BCUT2D eigenvalue weighted by Crippen LogP contribution is -2.27. The molecule has 0 aliphatic carbocycles. The minimum absolute atomic E-state index is 0.124. The maximum absolute atomic E-state index is 12.3. The van der Waals surface area contributed by atoms with Crippen LogP contribution in [0.3, 0.4) is 0 Å². The van der Waals surface area contributed by atoms with Gasteiger partial charge in [-0.2, -0.15) is 5.10 Å². The molecule has 0 fully saturated rings. The van der Waals surface area contributed by atoms with Crippen molar-refractivity contribution < 1.29 is 13.5 Å². The lowest BCUT2D eigenvalue weighted by molar-refractivity contribution is 0.281. The molecule has 1 aromatic heterocycles. The van der Waals surface area contributed by atoms with E-state index < -0.39 is 10.0 Å². The third-order valence-corrected chi connectivity index (χ3v) is 5.52. The number of hydrogen-bond acceptors (Lipinski definition) is 4. The van der Waals surface area contributed by atoms with Gasteiger partial charge < -0.3 is 5.11 Å². The number of nitrogens with zero attached hydrogens (tertiary/aromatic N) is 2. The summed E-state index contributed by atoms with van der Waals surface area (Å²) in [5.74, 6) is 0. The van der Waals surface area contributed by atoms with E-state index in [0.29, 0.717) is 16.5 Å². The minimum atomic E-state index is -3.63. The van der Waals surface area contributed by atoms with Gasteiger partial charge in [-0.3, -0.25) is 4.68 Å². The van der Waals surface area contributed by atoms with Crippen LogP contribution in [0.2, 0.25) is 0 Å². The molecule has 114 valence electrons. The summed E-state index contributed by atoms with van der Waals surface area (Å²) < 4.78 is 29.3. The molecule has 0 saturated heterocycles. The van der Waals surface area contributed by atoms with Crippen LogP contribution in [0.15, 0.2) is 39.8 Å². The van der Waals surface area contributed by atoms with Crippen LogP contribution in [0.1, 0.15) is 11.3 Å². The highest BCUT2D eigenvalue weighted by Gasteiger charge is 2.17. The van der Waals surface area contributed by atoms with Gasteiger partial charge in [-0.05, 0) is 39.7 Å². The first kappa shape index (κ1) is 16.2. The summed E-state index contributed by atoms with van der Waals surface area (Å²) >= 11 is 3.22. The Labute approximate surface area is 132 Å². The maximum Gasteiger partial charge on any atom is 0.241 e. The van der Waals surface area contributed by atoms with Crippen LogP contribution in [0.4, 0.5) is 0 Å². The van der Waals surface area contributed by atoms with Crippen molar-refractivity contribution in [3.8, 4) is 0 Å². The highest BCUT2D eigenvalue weighted by Crippen LogP contribution is 2.23. The molecule has 8 heteroatoms. The van der Waals surface area contributed by atoms with Gasteiger partial charge in [0, 0.05) is 36.4 Å². The van der Waals surface area contributed by atoms with E-state index in [-0.39, 0.29) is 18.0 Å². The smallest absolute Gasteiger partial charge is 0.241 e. The molecule has 0 aliphatic rings. The summed E-state index contributed by atoms with van der Waals surface area (Å²) in [6.07, 6.45) is 2.22. The summed E-state index contributed by atoms with van der Waals surface area (Å²) in [6, 6.07) is 6.58. The monoisotopic (exact) mass is 373 g/mol. The molecule has 0 spiro atoms. The fraction of sp³-hybridized carbons (Fsp3) is 0.308. The van der Waals surface area contributed by atoms with Crippen LogP contribution in [0.25, 0.3) is 0 Å². The summed E-state index contributed by atoms with van der Waals surface area (Å²) in [5.41, 5.74) is 1.49. The van der Waals surface area contributed by atoms with Crippen molar-refractivity contribution in [3.05, 3.63) is 46.2 Å². The van der Waals surface area contributed by atoms with Gasteiger partial charge in [0.25, 0.3) is 0 Å². The Balaban J connectivity index is 2.10. The number of aromatic nitrogens is 2. The molecule has 6 nitrogen and oxygen atoms in total. The number of halogens is 1. The molecule has 2 aromatic rings. The Morgan fingerprint density at radius 1 is 1.38 bits per heavy atom. The Hall–Kier alpha value is -1.22.